The van der Waals surface area contributed by atoms with E-state index < -0.39 is 30.4 Å². The van der Waals surface area contributed by atoms with Crippen molar-refractivity contribution in [3.63, 3.8) is 0 Å². The molecule has 1 fully saturated rings. The highest BCUT2D eigenvalue weighted by atomic mass is 16.5. The molecule has 2 amide bonds. The van der Waals surface area contributed by atoms with Crippen LogP contribution in [0.1, 0.15) is 29.6 Å². The Bertz CT molecular complexity index is 1130. The Labute approximate surface area is 179 Å². The number of nitrogens with zero attached hydrogens (tertiary/aromatic N) is 2. The number of ether oxygens (including phenoxy) is 1. The minimum atomic E-state index is -0.647. The maximum absolute atomic E-state index is 12.9. The fourth-order valence-electron chi connectivity index (χ4n) is 3.91. The Hall–Kier alpha value is -3.74. The number of rotatable bonds is 5. The van der Waals surface area contributed by atoms with Gasteiger partial charge in [0.25, 0.3) is 5.91 Å². The molecule has 0 radical (unpaired) electrons. The number of likely N-dealkylation sites (tertiary alicyclic amines) is 1. The van der Waals surface area contributed by atoms with Crippen LogP contribution in [0.5, 0.6) is 0 Å². The lowest BCUT2D eigenvalue weighted by Gasteiger charge is -2.33. The van der Waals surface area contributed by atoms with Crippen molar-refractivity contribution in [1.82, 2.24) is 9.88 Å². The highest BCUT2D eigenvalue weighted by Crippen LogP contribution is 2.25. The summed E-state index contributed by atoms with van der Waals surface area (Å²) in [5.41, 5.74) is 7.94. The third-order valence-corrected chi connectivity index (χ3v) is 5.48. The molecule has 1 aliphatic heterocycles. The number of hydrogen-bond donors (Lipinski definition) is 1. The normalized spacial score (nSPS) is 16.1. The molecule has 1 atom stereocenters. The van der Waals surface area contributed by atoms with Crippen LogP contribution in [0.3, 0.4) is 0 Å². The smallest absolute Gasteiger partial charge is 0.339 e. The van der Waals surface area contributed by atoms with Gasteiger partial charge in [-0.05, 0) is 31.4 Å². The van der Waals surface area contributed by atoms with E-state index in [2.05, 4.69) is 4.98 Å². The van der Waals surface area contributed by atoms with Crippen molar-refractivity contribution in [2.24, 2.45) is 5.73 Å². The zero-order valence-corrected chi connectivity index (χ0v) is 17.0. The molecule has 0 unspecified atom stereocenters. The first-order chi connectivity index (χ1) is 15.0. The zero-order valence-electron chi connectivity index (χ0n) is 17.0. The summed E-state index contributed by atoms with van der Waals surface area (Å²) in [4.78, 5) is 43.3. The number of benzene rings is 2. The van der Waals surface area contributed by atoms with Crippen molar-refractivity contribution in [3.05, 3.63) is 66.2 Å². The standard InChI is InChI=1S/C24H23N3O4/c25-23(29)21-12-6-7-13-27(21)22(28)15-31-24(30)18-14-20(16-8-2-1-3-9-16)26-19-11-5-4-10-17(18)19/h1-5,8-11,14,21H,6-7,12-13,15H2,(H2,25,29)/t21-/m0/s1. The van der Waals surface area contributed by atoms with Gasteiger partial charge >= 0.3 is 5.97 Å². The zero-order chi connectivity index (χ0) is 21.8. The van der Waals surface area contributed by atoms with Gasteiger partial charge in [-0.15, -0.1) is 0 Å². The van der Waals surface area contributed by atoms with E-state index in [0.29, 0.717) is 35.1 Å². The Balaban J connectivity index is 1.57. The number of piperidine rings is 1. The van der Waals surface area contributed by atoms with Gasteiger partial charge in [0.2, 0.25) is 5.91 Å². The average molecular weight is 417 g/mol. The second-order valence-corrected chi connectivity index (χ2v) is 7.52. The summed E-state index contributed by atoms with van der Waals surface area (Å²) in [6, 6.07) is 17.9. The van der Waals surface area contributed by atoms with Crippen LogP contribution in [0, 0.1) is 0 Å². The Morgan fingerprint density at radius 2 is 1.77 bits per heavy atom. The van der Waals surface area contributed by atoms with Gasteiger partial charge in [0, 0.05) is 17.5 Å². The molecule has 1 aromatic heterocycles. The van der Waals surface area contributed by atoms with Gasteiger partial charge in [-0.1, -0.05) is 48.5 Å². The summed E-state index contributed by atoms with van der Waals surface area (Å²) in [6.45, 7) is -0.0136. The van der Waals surface area contributed by atoms with Crippen LogP contribution < -0.4 is 5.73 Å². The molecular weight excluding hydrogens is 394 g/mol. The molecule has 0 bridgehead atoms. The number of pyridine rings is 1. The van der Waals surface area contributed by atoms with Gasteiger partial charge in [0.1, 0.15) is 6.04 Å². The van der Waals surface area contributed by atoms with E-state index in [1.165, 1.54) is 4.90 Å². The highest BCUT2D eigenvalue weighted by Gasteiger charge is 2.31. The Morgan fingerprint density at radius 3 is 2.55 bits per heavy atom. The maximum atomic E-state index is 12.9. The topological polar surface area (TPSA) is 103 Å². The minimum Gasteiger partial charge on any atom is -0.452 e. The summed E-state index contributed by atoms with van der Waals surface area (Å²) < 4.78 is 5.36. The van der Waals surface area contributed by atoms with Crippen molar-refractivity contribution in [2.75, 3.05) is 13.2 Å². The van der Waals surface area contributed by atoms with E-state index in [1.54, 1.807) is 12.1 Å². The predicted octanol–water partition coefficient (Wildman–Crippen LogP) is 2.93. The molecule has 7 heteroatoms. The maximum Gasteiger partial charge on any atom is 0.339 e. The summed E-state index contributed by atoms with van der Waals surface area (Å²) in [5.74, 6) is -1.57. The molecule has 7 nitrogen and oxygen atoms in total. The van der Waals surface area contributed by atoms with E-state index in [-0.39, 0.29) is 0 Å². The molecule has 2 aromatic carbocycles. The second kappa shape index (κ2) is 8.95. The predicted molar refractivity (Wildman–Crippen MR) is 116 cm³/mol. The number of primary amides is 1. The van der Waals surface area contributed by atoms with E-state index in [1.807, 2.05) is 48.5 Å². The molecule has 0 spiro atoms. The lowest BCUT2D eigenvalue weighted by Crippen LogP contribution is -2.51. The summed E-state index contributed by atoms with van der Waals surface area (Å²) >= 11 is 0. The second-order valence-electron chi connectivity index (χ2n) is 7.52. The molecule has 31 heavy (non-hydrogen) atoms. The average Bonchev–Trinajstić information content (AvgIpc) is 2.82. The van der Waals surface area contributed by atoms with Crippen LogP contribution in [0.25, 0.3) is 22.2 Å². The van der Waals surface area contributed by atoms with Crippen LogP contribution in [-0.2, 0) is 14.3 Å². The fourth-order valence-corrected chi connectivity index (χ4v) is 3.91. The van der Waals surface area contributed by atoms with Crippen molar-refractivity contribution in [3.8, 4) is 11.3 Å². The van der Waals surface area contributed by atoms with Crippen molar-refractivity contribution in [2.45, 2.75) is 25.3 Å². The summed E-state index contributed by atoms with van der Waals surface area (Å²) in [7, 11) is 0. The van der Waals surface area contributed by atoms with Crippen LogP contribution in [-0.4, -0.2) is 46.9 Å². The first kappa shape index (κ1) is 20.5. The monoisotopic (exact) mass is 417 g/mol. The molecule has 2 N–H and O–H groups in total. The van der Waals surface area contributed by atoms with Gasteiger partial charge in [0.05, 0.1) is 16.8 Å². The van der Waals surface area contributed by atoms with E-state index in [0.717, 1.165) is 18.4 Å². The van der Waals surface area contributed by atoms with Crippen LogP contribution in [0.2, 0.25) is 0 Å². The van der Waals surface area contributed by atoms with Crippen LogP contribution >= 0.6 is 0 Å². The molecule has 158 valence electrons. The number of carbonyl (C=O) groups is 3. The van der Waals surface area contributed by atoms with Gasteiger partial charge in [-0.3, -0.25) is 9.59 Å². The molecule has 3 aromatic rings. The van der Waals surface area contributed by atoms with Gasteiger partial charge in [-0.2, -0.15) is 0 Å². The number of fused-ring (bicyclic) bond motifs is 1. The first-order valence-electron chi connectivity index (χ1n) is 10.3. The number of para-hydroxylation sites is 1. The molecular formula is C24H23N3O4. The number of aromatic nitrogens is 1. The quantitative estimate of drug-likeness (QED) is 0.643. The lowest BCUT2D eigenvalue weighted by molar-refractivity contribution is -0.143. The molecule has 0 saturated carbocycles. The molecule has 2 heterocycles. The van der Waals surface area contributed by atoms with Crippen molar-refractivity contribution >= 4 is 28.7 Å². The summed E-state index contributed by atoms with van der Waals surface area (Å²) in [6.07, 6.45) is 2.16. The van der Waals surface area contributed by atoms with Gasteiger partial charge in [-0.25, -0.2) is 9.78 Å². The SMILES string of the molecule is NC(=O)[C@@H]1CCCCN1C(=O)COC(=O)c1cc(-c2ccccc2)nc2ccccc12. The van der Waals surface area contributed by atoms with E-state index in [9.17, 15) is 14.4 Å². The number of hydrogen-bond acceptors (Lipinski definition) is 5. The third kappa shape index (κ3) is 4.40. The van der Waals surface area contributed by atoms with Crippen LogP contribution in [0.4, 0.5) is 0 Å². The van der Waals surface area contributed by atoms with Crippen molar-refractivity contribution in [1.29, 1.82) is 0 Å². The Kier molecular flexibility index (Phi) is 5.93. The number of nitrogens with two attached hydrogens (primary N) is 1. The molecule has 1 aliphatic rings. The largest absolute Gasteiger partial charge is 0.452 e. The van der Waals surface area contributed by atoms with Gasteiger partial charge in [0.15, 0.2) is 6.61 Å². The number of amides is 2. The molecule has 1 saturated heterocycles. The molecule has 0 aliphatic carbocycles. The number of esters is 1. The van der Waals surface area contributed by atoms with Crippen LogP contribution in [0.15, 0.2) is 60.7 Å². The van der Waals surface area contributed by atoms with E-state index >= 15 is 0 Å². The Morgan fingerprint density at radius 1 is 1.03 bits per heavy atom. The fraction of sp³-hybridized carbons (Fsp3) is 0.250. The first-order valence-corrected chi connectivity index (χ1v) is 10.3. The lowest BCUT2D eigenvalue weighted by atomic mass is 10.0. The minimum absolute atomic E-state index is 0.336. The highest BCUT2D eigenvalue weighted by molar-refractivity contribution is 6.05. The molecule has 4 rings (SSSR count). The van der Waals surface area contributed by atoms with Crippen molar-refractivity contribution < 1.29 is 19.1 Å². The van der Waals surface area contributed by atoms with Gasteiger partial charge < -0.3 is 15.4 Å². The number of carbonyl (C=O) groups excluding carboxylic acids is 3. The summed E-state index contributed by atoms with van der Waals surface area (Å²) in [5, 5.41) is 0.646. The third-order valence-electron chi connectivity index (χ3n) is 5.48. The van der Waals surface area contributed by atoms with E-state index in [4.69, 9.17) is 10.5 Å².